The summed E-state index contributed by atoms with van der Waals surface area (Å²) in [6, 6.07) is 1.84. The van der Waals surface area contributed by atoms with E-state index in [0.717, 1.165) is 31.4 Å². The van der Waals surface area contributed by atoms with Crippen LogP contribution in [0.1, 0.15) is 48.8 Å². The molecule has 0 spiro atoms. The van der Waals surface area contributed by atoms with Crippen LogP contribution in [0.15, 0.2) is 6.07 Å². The molecule has 1 saturated heterocycles. The first-order valence-electron chi connectivity index (χ1n) is 7.97. The van der Waals surface area contributed by atoms with Crippen LogP contribution in [0.4, 0.5) is 0 Å². The predicted octanol–water partition coefficient (Wildman–Crippen LogP) is 0.432. The van der Waals surface area contributed by atoms with Crippen molar-refractivity contribution >= 4 is 11.8 Å². The van der Waals surface area contributed by atoms with Crippen LogP contribution in [-0.2, 0) is 11.2 Å². The topological polar surface area (TPSA) is 104 Å². The van der Waals surface area contributed by atoms with Gasteiger partial charge in [-0.2, -0.15) is 5.10 Å². The largest absolute Gasteiger partial charge is 0.354 e. The van der Waals surface area contributed by atoms with E-state index in [-0.39, 0.29) is 17.9 Å². The van der Waals surface area contributed by atoms with Crippen LogP contribution in [0.5, 0.6) is 0 Å². The van der Waals surface area contributed by atoms with Gasteiger partial charge in [0.05, 0.1) is 0 Å². The first kappa shape index (κ1) is 16.5. The minimum absolute atomic E-state index is 0.0322. The molecule has 1 aliphatic heterocycles. The Morgan fingerprint density at radius 3 is 3.00 bits per heavy atom. The van der Waals surface area contributed by atoms with E-state index >= 15 is 0 Å². The number of amides is 2. The van der Waals surface area contributed by atoms with Crippen molar-refractivity contribution in [2.24, 2.45) is 5.73 Å². The van der Waals surface area contributed by atoms with Crippen molar-refractivity contribution in [2.45, 2.75) is 45.1 Å². The number of piperidine rings is 1. The second-order valence-electron chi connectivity index (χ2n) is 5.62. The number of rotatable bonds is 6. The Balaban J connectivity index is 1.99. The summed E-state index contributed by atoms with van der Waals surface area (Å²) in [6.07, 6.45) is 4.10. The van der Waals surface area contributed by atoms with Gasteiger partial charge in [0.15, 0.2) is 0 Å². The highest BCUT2D eigenvalue weighted by molar-refractivity contribution is 5.92. The van der Waals surface area contributed by atoms with E-state index in [1.54, 1.807) is 6.07 Å². The number of aryl methyl sites for hydroxylation is 1. The van der Waals surface area contributed by atoms with Crippen molar-refractivity contribution in [3.8, 4) is 0 Å². The zero-order valence-corrected chi connectivity index (χ0v) is 13.1. The Morgan fingerprint density at radius 2 is 2.32 bits per heavy atom. The maximum atomic E-state index is 12.6. The summed E-state index contributed by atoms with van der Waals surface area (Å²) in [5.41, 5.74) is 6.78. The summed E-state index contributed by atoms with van der Waals surface area (Å²) in [5.74, 6) is -0.123. The summed E-state index contributed by atoms with van der Waals surface area (Å²) in [6.45, 7) is 3.55. The second kappa shape index (κ2) is 7.93. The van der Waals surface area contributed by atoms with Crippen LogP contribution in [0.3, 0.4) is 0 Å². The molecular weight excluding hydrogens is 282 g/mol. The number of nitrogens with two attached hydrogens (primary N) is 1. The van der Waals surface area contributed by atoms with E-state index < -0.39 is 0 Å². The number of likely N-dealkylation sites (tertiary alicyclic amines) is 1. The number of hydrogen-bond acceptors (Lipinski definition) is 4. The lowest BCUT2D eigenvalue weighted by Gasteiger charge is -2.35. The zero-order valence-electron chi connectivity index (χ0n) is 13.1. The monoisotopic (exact) mass is 307 g/mol. The van der Waals surface area contributed by atoms with Crippen molar-refractivity contribution in [3.63, 3.8) is 0 Å². The van der Waals surface area contributed by atoms with E-state index in [1.807, 2.05) is 11.8 Å². The molecule has 1 fully saturated rings. The molecule has 0 bridgehead atoms. The molecule has 1 atom stereocenters. The van der Waals surface area contributed by atoms with Crippen LogP contribution in [0, 0.1) is 0 Å². The fourth-order valence-electron chi connectivity index (χ4n) is 2.73. The van der Waals surface area contributed by atoms with Crippen molar-refractivity contribution in [1.29, 1.82) is 0 Å². The molecule has 0 saturated carbocycles. The molecule has 7 heteroatoms. The third-order valence-electron chi connectivity index (χ3n) is 4.03. The number of hydrogen-bond donors (Lipinski definition) is 3. The molecule has 0 aliphatic carbocycles. The van der Waals surface area contributed by atoms with Gasteiger partial charge >= 0.3 is 0 Å². The third-order valence-corrected chi connectivity index (χ3v) is 4.03. The van der Waals surface area contributed by atoms with Crippen LogP contribution in [0.2, 0.25) is 0 Å². The minimum atomic E-state index is -0.0616. The lowest BCUT2D eigenvalue weighted by Crippen LogP contribution is -2.49. The molecule has 122 valence electrons. The van der Waals surface area contributed by atoms with E-state index in [9.17, 15) is 9.59 Å². The van der Waals surface area contributed by atoms with Gasteiger partial charge in [-0.3, -0.25) is 14.7 Å². The maximum Gasteiger partial charge on any atom is 0.274 e. The molecule has 22 heavy (non-hydrogen) atoms. The Hall–Kier alpha value is -1.89. The van der Waals surface area contributed by atoms with E-state index in [4.69, 9.17) is 5.73 Å². The maximum absolute atomic E-state index is 12.6. The molecule has 1 aromatic rings. The quantitative estimate of drug-likeness (QED) is 0.709. The SMILES string of the molecule is CCc1cc(C(=O)N2CCCCC2CNC(=O)CCN)n[nH]1. The average Bonchev–Trinajstić information content (AvgIpc) is 3.02. The van der Waals surface area contributed by atoms with Crippen LogP contribution in [0.25, 0.3) is 0 Å². The zero-order chi connectivity index (χ0) is 15.9. The molecular formula is C15H25N5O2. The highest BCUT2D eigenvalue weighted by atomic mass is 16.2. The number of nitrogens with one attached hydrogen (secondary N) is 2. The number of carbonyl (C=O) groups is 2. The Labute approximate surface area is 130 Å². The number of carbonyl (C=O) groups excluding carboxylic acids is 2. The Bertz CT molecular complexity index is 514. The van der Waals surface area contributed by atoms with Gasteiger partial charge in [0, 0.05) is 37.8 Å². The van der Waals surface area contributed by atoms with E-state index in [0.29, 0.717) is 31.7 Å². The molecule has 4 N–H and O–H groups in total. The summed E-state index contributed by atoms with van der Waals surface area (Å²) >= 11 is 0. The van der Waals surface area contributed by atoms with Gasteiger partial charge in [-0.25, -0.2) is 0 Å². The van der Waals surface area contributed by atoms with Crippen molar-refractivity contribution in [3.05, 3.63) is 17.5 Å². The summed E-state index contributed by atoms with van der Waals surface area (Å²) in [7, 11) is 0. The fourth-order valence-corrected chi connectivity index (χ4v) is 2.73. The Kier molecular flexibility index (Phi) is 5.94. The molecule has 2 amide bonds. The minimum Gasteiger partial charge on any atom is -0.354 e. The van der Waals surface area contributed by atoms with Gasteiger partial charge < -0.3 is 16.0 Å². The first-order chi connectivity index (χ1) is 10.7. The van der Waals surface area contributed by atoms with Gasteiger partial charge in [-0.05, 0) is 31.7 Å². The number of H-pyrrole nitrogens is 1. The van der Waals surface area contributed by atoms with Crippen molar-refractivity contribution < 1.29 is 9.59 Å². The average molecular weight is 307 g/mol. The molecule has 7 nitrogen and oxygen atoms in total. The van der Waals surface area contributed by atoms with Crippen LogP contribution >= 0.6 is 0 Å². The third kappa shape index (κ3) is 4.07. The number of aromatic amines is 1. The molecule has 1 aromatic heterocycles. The molecule has 0 radical (unpaired) electrons. The molecule has 1 unspecified atom stereocenters. The molecule has 0 aromatic carbocycles. The molecule has 2 rings (SSSR count). The summed E-state index contributed by atoms with van der Waals surface area (Å²) in [5, 5.41) is 9.84. The van der Waals surface area contributed by atoms with Gasteiger partial charge in [0.25, 0.3) is 5.91 Å². The smallest absolute Gasteiger partial charge is 0.274 e. The summed E-state index contributed by atoms with van der Waals surface area (Å²) in [4.78, 5) is 26.0. The van der Waals surface area contributed by atoms with E-state index in [1.165, 1.54) is 0 Å². The predicted molar refractivity (Wildman–Crippen MR) is 83.3 cm³/mol. The molecule has 2 heterocycles. The standard InChI is InChI=1S/C15H25N5O2/c1-2-11-9-13(19-18-11)15(22)20-8-4-3-5-12(20)10-17-14(21)6-7-16/h9,12H,2-8,10,16H2,1H3,(H,17,21)(H,18,19). The van der Waals surface area contributed by atoms with Crippen LogP contribution in [-0.4, -0.2) is 52.6 Å². The number of aromatic nitrogens is 2. The lowest BCUT2D eigenvalue weighted by atomic mass is 10.0. The number of nitrogens with zero attached hydrogens (tertiary/aromatic N) is 2. The lowest BCUT2D eigenvalue weighted by molar-refractivity contribution is -0.121. The fraction of sp³-hybridized carbons (Fsp3) is 0.667. The highest BCUT2D eigenvalue weighted by Crippen LogP contribution is 2.19. The second-order valence-corrected chi connectivity index (χ2v) is 5.62. The van der Waals surface area contributed by atoms with Gasteiger partial charge in [-0.15, -0.1) is 0 Å². The normalized spacial score (nSPS) is 18.3. The van der Waals surface area contributed by atoms with E-state index in [2.05, 4.69) is 15.5 Å². The van der Waals surface area contributed by atoms with Gasteiger partial charge in [0.1, 0.15) is 5.69 Å². The molecule has 1 aliphatic rings. The summed E-state index contributed by atoms with van der Waals surface area (Å²) < 4.78 is 0. The first-order valence-corrected chi connectivity index (χ1v) is 7.97. The van der Waals surface area contributed by atoms with Gasteiger partial charge in [0.2, 0.25) is 5.91 Å². The Morgan fingerprint density at radius 1 is 1.50 bits per heavy atom. The highest BCUT2D eigenvalue weighted by Gasteiger charge is 2.28. The van der Waals surface area contributed by atoms with Crippen molar-refractivity contribution in [1.82, 2.24) is 20.4 Å². The van der Waals surface area contributed by atoms with Crippen molar-refractivity contribution in [2.75, 3.05) is 19.6 Å². The van der Waals surface area contributed by atoms with Gasteiger partial charge in [-0.1, -0.05) is 6.92 Å². The van der Waals surface area contributed by atoms with Crippen LogP contribution < -0.4 is 11.1 Å².